The lowest BCUT2D eigenvalue weighted by Gasteiger charge is -2.31. The number of aromatic nitrogens is 5. The van der Waals surface area contributed by atoms with E-state index in [1.807, 2.05) is 6.92 Å². The number of carbonyl (C=O) groups is 1. The van der Waals surface area contributed by atoms with Gasteiger partial charge in [0.25, 0.3) is 5.56 Å². The Morgan fingerprint density at radius 1 is 1.13 bits per heavy atom. The van der Waals surface area contributed by atoms with Crippen LogP contribution >= 0.6 is 11.3 Å². The van der Waals surface area contributed by atoms with E-state index in [4.69, 9.17) is 9.47 Å². The molecule has 1 aromatic carbocycles. The quantitative estimate of drug-likeness (QED) is 0.237. The number of amides is 1. The Morgan fingerprint density at radius 3 is 2.58 bits per heavy atom. The Bertz CT molecular complexity index is 1790. The molecular weight excluding hydrogens is 603 g/mol. The highest BCUT2D eigenvalue weighted by molar-refractivity contribution is 7.21. The largest absolute Gasteiger partial charge is 0.493 e. The van der Waals surface area contributed by atoms with Crippen molar-refractivity contribution in [1.29, 1.82) is 0 Å². The Morgan fingerprint density at radius 2 is 1.89 bits per heavy atom. The lowest BCUT2D eigenvalue weighted by molar-refractivity contribution is -0.122. The molecule has 3 aromatic heterocycles. The minimum absolute atomic E-state index is 0.0808. The van der Waals surface area contributed by atoms with Gasteiger partial charge in [0.05, 0.1) is 43.1 Å². The van der Waals surface area contributed by atoms with Gasteiger partial charge in [-0.15, -0.1) is 4.80 Å². The highest BCUT2D eigenvalue weighted by Crippen LogP contribution is 2.36. The maximum atomic E-state index is 14.9. The topological polar surface area (TPSA) is 142 Å². The molecule has 1 aliphatic heterocycles. The van der Waals surface area contributed by atoms with Crippen LogP contribution in [0, 0.1) is 12.7 Å². The summed E-state index contributed by atoms with van der Waals surface area (Å²) in [6.07, 6.45) is 5.86. The third kappa shape index (κ3) is 6.18. The SMILES string of the molecule is CCCCOc1ccc(F)cc1[C@H](Cn1c(=O)n([C@@H]2CCNC2=O)c(=O)c2c(C)c(-n3nccn3)sc21)OC1CCC(O)CC1. The van der Waals surface area contributed by atoms with Gasteiger partial charge in [-0.3, -0.25) is 14.2 Å². The third-order valence-corrected chi connectivity index (χ3v) is 9.85. The van der Waals surface area contributed by atoms with Gasteiger partial charge in [0.2, 0.25) is 5.91 Å². The molecule has 4 heterocycles. The van der Waals surface area contributed by atoms with E-state index in [2.05, 4.69) is 15.5 Å². The lowest BCUT2D eigenvalue weighted by atomic mass is 9.94. The minimum atomic E-state index is -0.965. The summed E-state index contributed by atoms with van der Waals surface area (Å²) >= 11 is 1.19. The molecule has 0 unspecified atom stereocenters. The van der Waals surface area contributed by atoms with E-state index in [9.17, 15) is 23.9 Å². The van der Waals surface area contributed by atoms with Crippen LogP contribution < -0.4 is 21.3 Å². The zero-order valence-electron chi connectivity index (χ0n) is 25.3. The Hall–Kier alpha value is -3.88. The number of thiophene rings is 1. The summed E-state index contributed by atoms with van der Waals surface area (Å²) in [7, 11) is 0. The second-order valence-corrected chi connectivity index (χ2v) is 12.6. The van der Waals surface area contributed by atoms with Crippen molar-refractivity contribution >= 4 is 27.5 Å². The standard InChI is InChI=1S/C31H37FN6O6S/c1-3-4-15-43-24-10-5-19(32)16-22(24)25(44-21-8-6-20(39)7-9-21)17-36-30-26(18(2)29(45-30)38-34-13-14-35-38)28(41)37(31(36)42)23-11-12-33-27(23)40/h5,10,13-14,16,20-21,23,25,39H,3-4,6-9,11-12,15,17H2,1-2H3,(H,33,40)/t20?,21?,23-,25+/m1/s1. The summed E-state index contributed by atoms with van der Waals surface area (Å²) in [4.78, 5) is 42.9. The Balaban J connectivity index is 1.53. The normalized spacial score (nSPS) is 20.9. The fourth-order valence-electron chi connectivity index (χ4n) is 6.15. The zero-order chi connectivity index (χ0) is 31.7. The van der Waals surface area contributed by atoms with E-state index >= 15 is 0 Å². The number of halogens is 1. The monoisotopic (exact) mass is 640 g/mol. The van der Waals surface area contributed by atoms with Crippen LogP contribution in [-0.4, -0.2) is 60.5 Å². The summed E-state index contributed by atoms with van der Waals surface area (Å²) in [6.45, 7) is 4.50. The number of unbranched alkanes of at least 4 members (excludes halogenated alkanes) is 1. The molecule has 45 heavy (non-hydrogen) atoms. The number of nitrogens with one attached hydrogen (secondary N) is 1. The number of fused-ring (bicyclic) bond motifs is 1. The molecule has 1 saturated heterocycles. The van der Waals surface area contributed by atoms with Gasteiger partial charge in [0, 0.05) is 17.7 Å². The van der Waals surface area contributed by atoms with Crippen LogP contribution in [0.2, 0.25) is 0 Å². The van der Waals surface area contributed by atoms with E-state index in [0.717, 1.165) is 17.4 Å². The van der Waals surface area contributed by atoms with E-state index in [0.29, 0.717) is 72.0 Å². The minimum Gasteiger partial charge on any atom is -0.493 e. The third-order valence-electron chi connectivity index (χ3n) is 8.57. The Kier molecular flexibility index (Phi) is 9.15. The molecule has 4 aromatic rings. The first-order chi connectivity index (χ1) is 21.8. The van der Waals surface area contributed by atoms with Gasteiger partial charge >= 0.3 is 5.69 Å². The van der Waals surface area contributed by atoms with Crippen molar-refractivity contribution in [2.75, 3.05) is 13.2 Å². The van der Waals surface area contributed by atoms with E-state index in [-0.39, 0.29) is 18.0 Å². The summed E-state index contributed by atoms with van der Waals surface area (Å²) in [5.41, 5.74) is -0.206. The van der Waals surface area contributed by atoms with Crippen LogP contribution in [0.4, 0.5) is 4.39 Å². The zero-order valence-corrected chi connectivity index (χ0v) is 26.1. The van der Waals surface area contributed by atoms with Crippen LogP contribution in [0.5, 0.6) is 5.75 Å². The number of ether oxygens (including phenoxy) is 2. The Labute approximate surface area is 262 Å². The van der Waals surface area contributed by atoms with Crippen LogP contribution in [0.1, 0.15) is 75.1 Å². The molecule has 14 heteroatoms. The van der Waals surface area contributed by atoms with Crippen molar-refractivity contribution in [3.05, 3.63) is 68.4 Å². The van der Waals surface area contributed by atoms with Crippen LogP contribution in [0.3, 0.4) is 0 Å². The van der Waals surface area contributed by atoms with Crippen LogP contribution in [0.25, 0.3) is 15.2 Å². The smallest absolute Gasteiger partial charge is 0.332 e. The molecule has 1 saturated carbocycles. The molecule has 2 fully saturated rings. The highest BCUT2D eigenvalue weighted by atomic mass is 32.1. The summed E-state index contributed by atoms with van der Waals surface area (Å²) in [6, 6.07) is 3.30. The van der Waals surface area contributed by atoms with Gasteiger partial charge in [-0.05, 0) is 63.6 Å². The number of aliphatic hydroxyl groups is 1. The molecule has 6 rings (SSSR count). The fraction of sp³-hybridized carbons (Fsp3) is 0.516. The second-order valence-electron chi connectivity index (χ2n) is 11.6. The molecular formula is C31H37FN6O6S. The van der Waals surface area contributed by atoms with Gasteiger partial charge in [-0.25, -0.2) is 13.8 Å². The first-order valence-corrected chi connectivity index (χ1v) is 16.3. The maximum absolute atomic E-state index is 14.9. The summed E-state index contributed by atoms with van der Waals surface area (Å²) in [5, 5.41) is 22.1. The van der Waals surface area contributed by atoms with E-state index < -0.39 is 41.2 Å². The second kappa shape index (κ2) is 13.2. The molecule has 2 atom stereocenters. The number of aliphatic hydroxyl groups excluding tert-OH is 1. The molecule has 0 bridgehead atoms. The van der Waals surface area contributed by atoms with E-state index in [1.54, 1.807) is 13.0 Å². The average molecular weight is 641 g/mol. The van der Waals surface area contributed by atoms with E-state index in [1.165, 1.54) is 45.2 Å². The number of carbonyl (C=O) groups excluding carboxylic acids is 1. The van der Waals surface area contributed by atoms with Crippen molar-refractivity contribution in [2.24, 2.45) is 0 Å². The highest BCUT2D eigenvalue weighted by Gasteiger charge is 2.34. The molecule has 2 N–H and O–H groups in total. The molecule has 12 nitrogen and oxygen atoms in total. The number of hydrogen-bond acceptors (Lipinski definition) is 9. The van der Waals surface area contributed by atoms with Crippen molar-refractivity contribution in [3.63, 3.8) is 0 Å². The van der Waals surface area contributed by atoms with Crippen LogP contribution in [0.15, 0.2) is 40.2 Å². The number of rotatable bonds is 11. The van der Waals surface area contributed by atoms with Gasteiger partial charge in [-0.1, -0.05) is 24.7 Å². The predicted octanol–water partition coefficient (Wildman–Crippen LogP) is 3.55. The molecule has 1 aliphatic carbocycles. The van der Waals surface area contributed by atoms with Gasteiger partial charge in [0.1, 0.15) is 33.5 Å². The fourth-order valence-corrected chi connectivity index (χ4v) is 7.37. The van der Waals surface area contributed by atoms with Crippen molar-refractivity contribution in [3.8, 4) is 10.8 Å². The molecule has 0 radical (unpaired) electrons. The van der Waals surface area contributed by atoms with Crippen molar-refractivity contribution in [1.82, 2.24) is 29.4 Å². The number of aryl methyl sites for hydroxylation is 1. The summed E-state index contributed by atoms with van der Waals surface area (Å²) < 4.78 is 30.1. The summed E-state index contributed by atoms with van der Waals surface area (Å²) in [5.74, 6) is -0.431. The number of benzene rings is 1. The lowest BCUT2D eigenvalue weighted by Crippen LogP contribution is -2.44. The van der Waals surface area contributed by atoms with Gasteiger partial charge in [-0.2, -0.15) is 10.2 Å². The maximum Gasteiger partial charge on any atom is 0.332 e. The molecule has 2 aliphatic rings. The van der Waals surface area contributed by atoms with Crippen LogP contribution in [-0.2, 0) is 16.1 Å². The van der Waals surface area contributed by atoms with Gasteiger partial charge < -0.3 is 19.9 Å². The number of hydrogen-bond donors (Lipinski definition) is 2. The van der Waals surface area contributed by atoms with Crippen molar-refractivity contribution in [2.45, 2.75) is 89.7 Å². The predicted molar refractivity (Wildman–Crippen MR) is 166 cm³/mol. The molecule has 1 amide bonds. The van der Waals surface area contributed by atoms with Crippen molar-refractivity contribution < 1.29 is 23.8 Å². The number of nitrogens with zero attached hydrogens (tertiary/aromatic N) is 5. The average Bonchev–Trinajstić information content (AvgIpc) is 3.78. The van der Waals surface area contributed by atoms with Gasteiger partial charge in [0.15, 0.2) is 0 Å². The first kappa shape index (κ1) is 31.1. The first-order valence-electron chi connectivity index (χ1n) is 15.4. The molecule has 240 valence electrons. The molecule has 0 spiro atoms.